The van der Waals surface area contributed by atoms with Gasteiger partial charge < -0.3 is 10.1 Å². The van der Waals surface area contributed by atoms with Crippen LogP contribution >= 0.6 is 0 Å². The minimum Gasteiger partial charge on any atom is -0.494 e. The van der Waals surface area contributed by atoms with Crippen LogP contribution in [-0.4, -0.2) is 23.6 Å². The standard InChI is InChI=1S/C14H16FN3O/c1-9(2)4-5-16-14-10-6-13(19-3)11(15)7-12(10)17-8-18-14/h4,6-8H,5H2,1-3H3,(H,16,17,18). The summed E-state index contributed by atoms with van der Waals surface area (Å²) in [4.78, 5) is 8.24. The maximum atomic E-state index is 13.6. The van der Waals surface area contributed by atoms with Crippen LogP contribution < -0.4 is 10.1 Å². The number of rotatable bonds is 4. The zero-order valence-corrected chi connectivity index (χ0v) is 11.2. The van der Waals surface area contributed by atoms with E-state index in [9.17, 15) is 4.39 Å². The second-order valence-electron chi connectivity index (χ2n) is 4.39. The highest BCUT2D eigenvalue weighted by atomic mass is 19.1. The number of nitrogens with one attached hydrogen (secondary N) is 1. The number of allylic oxidation sites excluding steroid dienone is 1. The lowest BCUT2D eigenvalue weighted by Gasteiger charge is -2.08. The third kappa shape index (κ3) is 2.99. The molecule has 0 amide bonds. The summed E-state index contributed by atoms with van der Waals surface area (Å²) in [6.07, 6.45) is 3.47. The number of hydrogen-bond acceptors (Lipinski definition) is 4. The molecule has 2 aromatic rings. The highest BCUT2D eigenvalue weighted by Crippen LogP contribution is 2.27. The first-order chi connectivity index (χ1) is 9.11. The van der Waals surface area contributed by atoms with Crippen LogP contribution in [0.4, 0.5) is 10.2 Å². The zero-order valence-electron chi connectivity index (χ0n) is 11.2. The number of nitrogens with zero attached hydrogens (tertiary/aromatic N) is 2. The molecule has 0 spiro atoms. The van der Waals surface area contributed by atoms with E-state index in [2.05, 4.69) is 21.4 Å². The molecule has 19 heavy (non-hydrogen) atoms. The first kappa shape index (κ1) is 13.3. The van der Waals surface area contributed by atoms with Crippen molar-refractivity contribution in [1.82, 2.24) is 9.97 Å². The topological polar surface area (TPSA) is 47.0 Å². The van der Waals surface area contributed by atoms with Gasteiger partial charge in [0.15, 0.2) is 11.6 Å². The number of benzene rings is 1. The Hall–Kier alpha value is -2.17. The molecule has 1 aromatic heterocycles. The van der Waals surface area contributed by atoms with Crippen molar-refractivity contribution < 1.29 is 9.13 Å². The quantitative estimate of drug-likeness (QED) is 0.859. The first-order valence-corrected chi connectivity index (χ1v) is 5.97. The number of fused-ring (bicyclic) bond motifs is 1. The van der Waals surface area contributed by atoms with Crippen LogP contribution in [0.1, 0.15) is 13.8 Å². The normalized spacial score (nSPS) is 10.3. The van der Waals surface area contributed by atoms with E-state index in [-0.39, 0.29) is 5.75 Å². The monoisotopic (exact) mass is 261 g/mol. The fourth-order valence-electron chi connectivity index (χ4n) is 1.71. The van der Waals surface area contributed by atoms with Crippen molar-refractivity contribution in [1.29, 1.82) is 0 Å². The largest absolute Gasteiger partial charge is 0.494 e. The molecular formula is C14H16FN3O. The molecule has 0 radical (unpaired) electrons. The van der Waals surface area contributed by atoms with Crippen molar-refractivity contribution >= 4 is 16.7 Å². The third-order valence-corrected chi connectivity index (χ3v) is 2.69. The van der Waals surface area contributed by atoms with Crippen molar-refractivity contribution in [2.24, 2.45) is 0 Å². The summed E-state index contributed by atoms with van der Waals surface area (Å²) >= 11 is 0. The summed E-state index contributed by atoms with van der Waals surface area (Å²) in [5.74, 6) is 0.428. The molecule has 0 bridgehead atoms. The molecule has 100 valence electrons. The Morgan fingerprint density at radius 2 is 2.16 bits per heavy atom. The van der Waals surface area contributed by atoms with E-state index >= 15 is 0 Å². The van der Waals surface area contributed by atoms with E-state index in [4.69, 9.17) is 4.74 Å². The summed E-state index contributed by atoms with van der Waals surface area (Å²) in [5, 5.41) is 3.92. The Balaban J connectivity index is 2.41. The molecular weight excluding hydrogens is 245 g/mol. The van der Waals surface area contributed by atoms with Crippen LogP contribution in [0, 0.1) is 5.82 Å². The molecule has 1 heterocycles. The van der Waals surface area contributed by atoms with Crippen molar-refractivity contribution in [2.75, 3.05) is 19.0 Å². The summed E-state index contributed by atoms with van der Waals surface area (Å²) in [7, 11) is 1.43. The summed E-state index contributed by atoms with van der Waals surface area (Å²) in [5.41, 5.74) is 1.77. The minimum absolute atomic E-state index is 0.188. The van der Waals surface area contributed by atoms with E-state index in [0.29, 0.717) is 17.9 Å². The van der Waals surface area contributed by atoms with Gasteiger partial charge in [0.1, 0.15) is 12.1 Å². The summed E-state index contributed by atoms with van der Waals surface area (Å²) in [6, 6.07) is 2.96. The van der Waals surface area contributed by atoms with Gasteiger partial charge in [0.05, 0.1) is 12.6 Å². The SMILES string of the molecule is COc1cc2c(NCC=C(C)C)ncnc2cc1F. The van der Waals surface area contributed by atoms with Gasteiger partial charge in [0.25, 0.3) is 0 Å². The summed E-state index contributed by atoms with van der Waals surface area (Å²) in [6.45, 7) is 4.71. The van der Waals surface area contributed by atoms with Gasteiger partial charge in [-0.2, -0.15) is 0 Å². The Bertz CT molecular complexity index is 621. The second-order valence-corrected chi connectivity index (χ2v) is 4.39. The fraction of sp³-hybridized carbons (Fsp3) is 0.286. The molecule has 0 saturated heterocycles. The van der Waals surface area contributed by atoms with Crippen LogP contribution in [0.3, 0.4) is 0 Å². The molecule has 0 aliphatic rings. The molecule has 1 aromatic carbocycles. The first-order valence-electron chi connectivity index (χ1n) is 5.97. The van der Waals surface area contributed by atoms with E-state index in [0.717, 1.165) is 5.39 Å². The van der Waals surface area contributed by atoms with Gasteiger partial charge in [0, 0.05) is 18.0 Å². The molecule has 0 aliphatic carbocycles. The molecule has 2 rings (SSSR count). The van der Waals surface area contributed by atoms with Gasteiger partial charge in [-0.15, -0.1) is 0 Å². The molecule has 0 unspecified atom stereocenters. The smallest absolute Gasteiger partial charge is 0.167 e. The van der Waals surface area contributed by atoms with Crippen LogP contribution in [0.5, 0.6) is 5.75 Å². The lowest BCUT2D eigenvalue weighted by atomic mass is 10.2. The predicted octanol–water partition coefficient (Wildman–Crippen LogP) is 3.16. The van der Waals surface area contributed by atoms with E-state index in [1.807, 2.05) is 13.8 Å². The number of ether oxygens (including phenoxy) is 1. The van der Waals surface area contributed by atoms with Gasteiger partial charge >= 0.3 is 0 Å². The van der Waals surface area contributed by atoms with Crippen molar-refractivity contribution in [3.8, 4) is 5.75 Å². The highest BCUT2D eigenvalue weighted by molar-refractivity contribution is 5.90. The molecule has 0 atom stereocenters. The molecule has 5 heteroatoms. The Labute approximate surface area is 111 Å². The van der Waals surface area contributed by atoms with Crippen molar-refractivity contribution in [3.05, 3.63) is 35.9 Å². The number of methoxy groups -OCH3 is 1. The fourth-order valence-corrected chi connectivity index (χ4v) is 1.71. The zero-order chi connectivity index (χ0) is 13.8. The van der Waals surface area contributed by atoms with E-state index in [1.54, 1.807) is 6.07 Å². The number of anilines is 1. The molecule has 0 fully saturated rings. The van der Waals surface area contributed by atoms with Crippen LogP contribution in [-0.2, 0) is 0 Å². The van der Waals surface area contributed by atoms with Gasteiger partial charge in [-0.25, -0.2) is 14.4 Å². The molecule has 1 N–H and O–H groups in total. The van der Waals surface area contributed by atoms with Crippen LogP contribution in [0.25, 0.3) is 10.9 Å². The van der Waals surface area contributed by atoms with Crippen molar-refractivity contribution in [3.63, 3.8) is 0 Å². The maximum Gasteiger partial charge on any atom is 0.167 e. The highest BCUT2D eigenvalue weighted by Gasteiger charge is 2.09. The van der Waals surface area contributed by atoms with Crippen LogP contribution in [0.2, 0.25) is 0 Å². The number of hydrogen-bond donors (Lipinski definition) is 1. The minimum atomic E-state index is -0.427. The molecule has 4 nitrogen and oxygen atoms in total. The van der Waals surface area contributed by atoms with Gasteiger partial charge in [-0.05, 0) is 19.9 Å². The van der Waals surface area contributed by atoms with Crippen molar-refractivity contribution in [2.45, 2.75) is 13.8 Å². The van der Waals surface area contributed by atoms with Crippen LogP contribution in [0.15, 0.2) is 30.1 Å². The lowest BCUT2D eigenvalue weighted by Crippen LogP contribution is -2.03. The van der Waals surface area contributed by atoms with Gasteiger partial charge in [-0.3, -0.25) is 0 Å². The average molecular weight is 261 g/mol. The summed E-state index contributed by atoms with van der Waals surface area (Å²) < 4.78 is 18.6. The lowest BCUT2D eigenvalue weighted by molar-refractivity contribution is 0.387. The Morgan fingerprint density at radius 3 is 2.84 bits per heavy atom. The molecule has 0 aliphatic heterocycles. The third-order valence-electron chi connectivity index (χ3n) is 2.69. The maximum absolute atomic E-state index is 13.6. The van der Waals surface area contributed by atoms with Gasteiger partial charge in [0.2, 0.25) is 0 Å². The average Bonchev–Trinajstić information content (AvgIpc) is 2.37. The van der Waals surface area contributed by atoms with E-state index < -0.39 is 5.82 Å². The second kappa shape index (κ2) is 5.65. The number of aromatic nitrogens is 2. The molecule has 0 saturated carbocycles. The Kier molecular flexibility index (Phi) is 3.94. The Morgan fingerprint density at radius 1 is 1.37 bits per heavy atom. The predicted molar refractivity (Wildman–Crippen MR) is 74.0 cm³/mol. The number of halogens is 1. The van der Waals surface area contributed by atoms with E-state index in [1.165, 1.54) is 25.1 Å². The van der Waals surface area contributed by atoms with Gasteiger partial charge in [-0.1, -0.05) is 11.6 Å².